The van der Waals surface area contributed by atoms with Crippen LogP contribution in [-0.4, -0.2) is 10.2 Å². The van der Waals surface area contributed by atoms with Crippen molar-refractivity contribution in [1.29, 1.82) is 0 Å². The van der Waals surface area contributed by atoms with Gasteiger partial charge in [0.25, 0.3) is 0 Å². The van der Waals surface area contributed by atoms with E-state index in [2.05, 4.69) is 5.18 Å². The molecule has 0 aliphatic rings. The van der Waals surface area contributed by atoms with E-state index in [9.17, 15) is 19.9 Å². The standard InChI is InChI=1S/C15H9NO5/c17-9-3-1-8(2-4-9)11-7-21-13-6-10(18)5-12(16-20)14(13)15(11)19/h1-7,17-18H. The number of phenolic OH excluding ortho intramolecular Hbond substituents is 2. The van der Waals surface area contributed by atoms with E-state index >= 15 is 0 Å². The minimum Gasteiger partial charge on any atom is -0.508 e. The fraction of sp³-hybridized carbons (Fsp3) is 0. The van der Waals surface area contributed by atoms with Crippen molar-refractivity contribution >= 4 is 16.7 Å². The summed E-state index contributed by atoms with van der Waals surface area (Å²) in [6, 6.07) is 8.34. The Hall–Kier alpha value is -3.15. The van der Waals surface area contributed by atoms with Crippen LogP contribution in [0.4, 0.5) is 5.69 Å². The molecule has 0 amide bonds. The van der Waals surface area contributed by atoms with Crippen LogP contribution in [0.5, 0.6) is 11.5 Å². The summed E-state index contributed by atoms with van der Waals surface area (Å²) in [6.07, 6.45) is 1.24. The van der Waals surface area contributed by atoms with E-state index < -0.39 is 5.43 Å². The normalized spacial score (nSPS) is 10.7. The zero-order valence-corrected chi connectivity index (χ0v) is 10.6. The molecule has 3 rings (SSSR count). The molecule has 0 fully saturated rings. The Morgan fingerprint density at radius 3 is 2.38 bits per heavy atom. The monoisotopic (exact) mass is 283 g/mol. The molecule has 0 unspecified atom stereocenters. The van der Waals surface area contributed by atoms with Gasteiger partial charge in [-0.05, 0) is 22.9 Å². The molecular formula is C15H9NO5. The fourth-order valence-corrected chi connectivity index (χ4v) is 2.13. The van der Waals surface area contributed by atoms with Crippen LogP contribution < -0.4 is 5.43 Å². The first-order valence-corrected chi connectivity index (χ1v) is 6.01. The highest BCUT2D eigenvalue weighted by atomic mass is 16.3. The number of hydrogen-bond acceptors (Lipinski definition) is 6. The summed E-state index contributed by atoms with van der Waals surface area (Å²) in [7, 11) is 0. The molecule has 3 aromatic rings. The number of aromatic hydroxyl groups is 2. The predicted molar refractivity (Wildman–Crippen MR) is 76.7 cm³/mol. The summed E-state index contributed by atoms with van der Waals surface area (Å²) >= 11 is 0. The minimum atomic E-state index is -0.434. The van der Waals surface area contributed by atoms with Gasteiger partial charge in [-0.25, -0.2) is 0 Å². The van der Waals surface area contributed by atoms with Gasteiger partial charge in [-0.1, -0.05) is 12.1 Å². The number of phenols is 2. The number of rotatable bonds is 2. The van der Waals surface area contributed by atoms with Crippen LogP contribution in [0.15, 0.2) is 57.0 Å². The average molecular weight is 283 g/mol. The molecular weight excluding hydrogens is 274 g/mol. The maximum absolute atomic E-state index is 12.5. The molecule has 21 heavy (non-hydrogen) atoms. The SMILES string of the molecule is O=Nc1cc(O)cc2occ(-c3ccc(O)cc3)c(=O)c12. The Balaban J connectivity index is 2.34. The molecule has 6 heteroatoms. The third-order valence-corrected chi connectivity index (χ3v) is 3.12. The highest BCUT2D eigenvalue weighted by molar-refractivity contribution is 5.92. The van der Waals surface area contributed by atoms with Crippen LogP contribution in [0, 0.1) is 4.91 Å². The maximum atomic E-state index is 12.5. The highest BCUT2D eigenvalue weighted by Gasteiger charge is 2.14. The molecule has 0 saturated heterocycles. The van der Waals surface area contributed by atoms with Crippen LogP contribution in [0.3, 0.4) is 0 Å². The van der Waals surface area contributed by atoms with Crippen molar-refractivity contribution in [3.05, 3.63) is 57.8 Å². The van der Waals surface area contributed by atoms with E-state index in [1.807, 2.05) is 0 Å². The van der Waals surface area contributed by atoms with Gasteiger partial charge in [-0.15, -0.1) is 4.91 Å². The summed E-state index contributed by atoms with van der Waals surface area (Å²) in [4.78, 5) is 23.3. The Kier molecular flexibility index (Phi) is 2.91. The van der Waals surface area contributed by atoms with E-state index in [4.69, 9.17) is 4.42 Å². The third kappa shape index (κ3) is 2.12. The molecule has 0 aliphatic heterocycles. The quantitative estimate of drug-likeness (QED) is 0.703. The third-order valence-electron chi connectivity index (χ3n) is 3.12. The van der Waals surface area contributed by atoms with Crippen molar-refractivity contribution in [2.24, 2.45) is 5.18 Å². The second kappa shape index (κ2) is 4.75. The number of benzene rings is 2. The van der Waals surface area contributed by atoms with Crippen molar-refractivity contribution in [1.82, 2.24) is 0 Å². The van der Waals surface area contributed by atoms with Gasteiger partial charge in [0.2, 0.25) is 5.43 Å². The molecule has 104 valence electrons. The number of nitroso groups, excluding NO2 is 1. The van der Waals surface area contributed by atoms with Gasteiger partial charge in [0.1, 0.15) is 29.0 Å². The first kappa shape index (κ1) is 12.9. The summed E-state index contributed by atoms with van der Waals surface area (Å²) in [5.41, 5.74) is 0.236. The van der Waals surface area contributed by atoms with Crippen LogP contribution >= 0.6 is 0 Å². The fourth-order valence-electron chi connectivity index (χ4n) is 2.13. The first-order valence-electron chi connectivity index (χ1n) is 6.01. The zero-order valence-electron chi connectivity index (χ0n) is 10.6. The average Bonchev–Trinajstić information content (AvgIpc) is 2.48. The van der Waals surface area contributed by atoms with Gasteiger partial charge in [0.15, 0.2) is 0 Å². The van der Waals surface area contributed by atoms with Crippen LogP contribution in [-0.2, 0) is 0 Å². The number of hydrogen-bond donors (Lipinski definition) is 2. The Labute approximate surface area is 117 Å². The topological polar surface area (TPSA) is 100 Å². The van der Waals surface area contributed by atoms with Gasteiger partial charge in [-0.2, -0.15) is 0 Å². The van der Waals surface area contributed by atoms with Crippen molar-refractivity contribution in [2.75, 3.05) is 0 Å². The van der Waals surface area contributed by atoms with E-state index in [1.54, 1.807) is 12.1 Å². The molecule has 0 radical (unpaired) electrons. The molecule has 6 nitrogen and oxygen atoms in total. The van der Waals surface area contributed by atoms with Crippen molar-refractivity contribution in [2.45, 2.75) is 0 Å². The van der Waals surface area contributed by atoms with E-state index in [0.717, 1.165) is 6.07 Å². The number of nitrogens with zero attached hydrogens (tertiary/aromatic N) is 1. The van der Waals surface area contributed by atoms with Gasteiger partial charge in [0.05, 0.1) is 10.9 Å². The minimum absolute atomic E-state index is 0.00775. The molecule has 1 heterocycles. The predicted octanol–water partition coefficient (Wildman–Crippen LogP) is 3.27. The lowest BCUT2D eigenvalue weighted by Crippen LogP contribution is -2.04. The molecule has 2 N–H and O–H groups in total. The Morgan fingerprint density at radius 1 is 1.00 bits per heavy atom. The largest absolute Gasteiger partial charge is 0.508 e. The lowest BCUT2D eigenvalue weighted by molar-refractivity contribution is 0.474. The van der Waals surface area contributed by atoms with Crippen LogP contribution in [0.25, 0.3) is 22.1 Å². The second-order valence-corrected chi connectivity index (χ2v) is 4.45. The molecule has 0 saturated carbocycles. The second-order valence-electron chi connectivity index (χ2n) is 4.45. The number of fused-ring (bicyclic) bond motifs is 1. The summed E-state index contributed by atoms with van der Waals surface area (Å²) in [5, 5.41) is 21.5. The van der Waals surface area contributed by atoms with Crippen LogP contribution in [0.1, 0.15) is 0 Å². The van der Waals surface area contributed by atoms with E-state index in [-0.39, 0.29) is 33.7 Å². The first-order chi connectivity index (χ1) is 10.1. The Bertz CT molecular complexity index is 896. The Morgan fingerprint density at radius 2 is 1.71 bits per heavy atom. The summed E-state index contributed by atoms with van der Waals surface area (Å²) in [5.74, 6) is -0.137. The van der Waals surface area contributed by atoms with Crippen molar-refractivity contribution in [3.63, 3.8) is 0 Å². The van der Waals surface area contributed by atoms with Crippen molar-refractivity contribution in [3.8, 4) is 22.6 Å². The molecule has 1 aromatic heterocycles. The molecule has 0 aliphatic carbocycles. The van der Waals surface area contributed by atoms with Crippen LogP contribution in [0.2, 0.25) is 0 Å². The molecule has 0 bridgehead atoms. The highest BCUT2D eigenvalue weighted by Crippen LogP contribution is 2.30. The van der Waals surface area contributed by atoms with Crippen molar-refractivity contribution < 1.29 is 14.6 Å². The lowest BCUT2D eigenvalue weighted by atomic mass is 10.0. The van der Waals surface area contributed by atoms with Gasteiger partial charge < -0.3 is 14.6 Å². The lowest BCUT2D eigenvalue weighted by Gasteiger charge is -2.04. The van der Waals surface area contributed by atoms with Gasteiger partial charge in [0, 0.05) is 12.1 Å². The van der Waals surface area contributed by atoms with Gasteiger partial charge >= 0.3 is 0 Å². The summed E-state index contributed by atoms with van der Waals surface area (Å²) < 4.78 is 5.31. The van der Waals surface area contributed by atoms with Gasteiger partial charge in [-0.3, -0.25) is 4.79 Å². The molecule has 0 spiro atoms. The molecule has 0 atom stereocenters. The van der Waals surface area contributed by atoms with E-state index in [0.29, 0.717) is 5.56 Å². The molecule has 2 aromatic carbocycles. The smallest absolute Gasteiger partial charge is 0.202 e. The zero-order chi connectivity index (χ0) is 15.0. The maximum Gasteiger partial charge on any atom is 0.202 e. The summed E-state index contributed by atoms with van der Waals surface area (Å²) in [6.45, 7) is 0. The van der Waals surface area contributed by atoms with E-state index in [1.165, 1.54) is 24.5 Å².